The van der Waals surface area contributed by atoms with Gasteiger partial charge in [-0.05, 0) is 19.3 Å². The van der Waals surface area contributed by atoms with Gasteiger partial charge in [0.1, 0.15) is 0 Å². The fourth-order valence-electron chi connectivity index (χ4n) is 1.87. The Balaban J connectivity index is 2.37. The van der Waals surface area contributed by atoms with E-state index in [2.05, 4.69) is 10.3 Å². The molecule has 1 atom stereocenters. The molecule has 1 rings (SSSR count). The number of rotatable bonds is 6. The number of hydrogen-bond donors (Lipinski definition) is 3. The van der Waals surface area contributed by atoms with Gasteiger partial charge in [-0.2, -0.15) is 0 Å². The van der Waals surface area contributed by atoms with Crippen LogP contribution in [0.3, 0.4) is 0 Å². The standard InChI is InChI=1S/C12H21N3O2S/c1-8(2)5-12(3,17)7-14-10(16)4-9-6-18-11(13)15-9/h6,8,17H,4-5,7H2,1-3H3,(H2,13,15)(H,14,16). The smallest absolute Gasteiger partial charge is 0.226 e. The Morgan fingerprint density at radius 3 is 2.83 bits per heavy atom. The average molecular weight is 271 g/mol. The minimum absolute atomic E-state index is 0.149. The van der Waals surface area contributed by atoms with E-state index in [9.17, 15) is 9.90 Å². The molecule has 0 radical (unpaired) electrons. The number of carbonyl (C=O) groups excluding carboxylic acids is 1. The van der Waals surface area contributed by atoms with Crippen molar-refractivity contribution in [1.82, 2.24) is 10.3 Å². The van der Waals surface area contributed by atoms with Crippen LogP contribution in [-0.4, -0.2) is 28.1 Å². The highest BCUT2D eigenvalue weighted by Crippen LogP contribution is 2.15. The minimum Gasteiger partial charge on any atom is -0.388 e. The molecule has 1 unspecified atom stereocenters. The van der Waals surface area contributed by atoms with Gasteiger partial charge < -0.3 is 16.2 Å². The molecule has 1 aromatic heterocycles. The number of aliphatic hydroxyl groups is 1. The zero-order chi connectivity index (χ0) is 13.8. The first-order valence-electron chi connectivity index (χ1n) is 5.97. The third-order valence-electron chi connectivity index (χ3n) is 2.43. The number of nitrogens with one attached hydrogen (secondary N) is 1. The molecule has 0 bridgehead atoms. The second kappa shape index (κ2) is 6.15. The molecule has 0 spiro atoms. The number of nitrogen functional groups attached to an aromatic ring is 1. The van der Waals surface area contributed by atoms with E-state index in [0.717, 1.165) is 0 Å². The summed E-state index contributed by atoms with van der Waals surface area (Å²) >= 11 is 1.32. The molecule has 6 heteroatoms. The summed E-state index contributed by atoms with van der Waals surface area (Å²) in [5.74, 6) is 0.236. The van der Waals surface area contributed by atoms with Crippen molar-refractivity contribution >= 4 is 22.4 Å². The van der Waals surface area contributed by atoms with Crippen LogP contribution in [0.25, 0.3) is 0 Å². The summed E-state index contributed by atoms with van der Waals surface area (Å²) in [6.07, 6.45) is 0.850. The fourth-order valence-corrected chi connectivity index (χ4v) is 2.43. The van der Waals surface area contributed by atoms with Crippen molar-refractivity contribution in [3.8, 4) is 0 Å². The summed E-state index contributed by atoms with van der Waals surface area (Å²) in [5.41, 5.74) is 5.28. The molecular formula is C12H21N3O2S. The second-order valence-electron chi connectivity index (χ2n) is 5.23. The van der Waals surface area contributed by atoms with Crippen LogP contribution in [0.2, 0.25) is 0 Å². The number of amides is 1. The first-order valence-corrected chi connectivity index (χ1v) is 6.85. The van der Waals surface area contributed by atoms with E-state index >= 15 is 0 Å². The lowest BCUT2D eigenvalue weighted by Gasteiger charge is -2.25. The van der Waals surface area contributed by atoms with Crippen molar-refractivity contribution in [2.24, 2.45) is 5.92 Å². The predicted octanol–water partition coefficient (Wildman–Crippen LogP) is 1.18. The molecular weight excluding hydrogens is 250 g/mol. The lowest BCUT2D eigenvalue weighted by atomic mass is 9.94. The van der Waals surface area contributed by atoms with Crippen LogP contribution in [0.1, 0.15) is 32.9 Å². The highest BCUT2D eigenvalue weighted by molar-refractivity contribution is 7.13. The van der Waals surface area contributed by atoms with E-state index in [1.165, 1.54) is 11.3 Å². The number of nitrogens with zero attached hydrogens (tertiary/aromatic N) is 1. The Hall–Kier alpha value is -1.14. The third-order valence-corrected chi connectivity index (χ3v) is 3.15. The molecule has 1 aromatic rings. The molecule has 0 aliphatic rings. The summed E-state index contributed by atoms with van der Waals surface area (Å²) in [4.78, 5) is 15.7. The van der Waals surface area contributed by atoms with Gasteiger partial charge in [0.05, 0.1) is 17.7 Å². The normalized spacial score (nSPS) is 14.5. The number of nitrogens with two attached hydrogens (primary N) is 1. The van der Waals surface area contributed by atoms with Gasteiger partial charge in [0.15, 0.2) is 5.13 Å². The highest BCUT2D eigenvalue weighted by Gasteiger charge is 2.22. The van der Waals surface area contributed by atoms with Crippen LogP contribution in [0.5, 0.6) is 0 Å². The van der Waals surface area contributed by atoms with Gasteiger partial charge in [0.2, 0.25) is 5.91 Å². The molecule has 18 heavy (non-hydrogen) atoms. The maximum atomic E-state index is 11.7. The molecule has 102 valence electrons. The van der Waals surface area contributed by atoms with Crippen molar-refractivity contribution in [1.29, 1.82) is 0 Å². The molecule has 0 aromatic carbocycles. The van der Waals surface area contributed by atoms with Gasteiger partial charge in [-0.1, -0.05) is 13.8 Å². The van der Waals surface area contributed by atoms with Gasteiger partial charge in [0.25, 0.3) is 0 Å². The Morgan fingerprint density at radius 1 is 1.67 bits per heavy atom. The highest BCUT2D eigenvalue weighted by atomic mass is 32.1. The predicted molar refractivity (Wildman–Crippen MR) is 73.3 cm³/mol. The number of thiazole rings is 1. The monoisotopic (exact) mass is 271 g/mol. The summed E-state index contributed by atoms with van der Waals surface area (Å²) in [7, 11) is 0. The van der Waals surface area contributed by atoms with Crippen LogP contribution in [0.4, 0.5) is 5.13 Å². The van der Waals surface area contributed by atoms with E-state index in [-0.39, 0.29) is 18.9 Å². The van der Waals surface area contributed by atoms with Crippen molar-refractivity contribution < 1.29 is 9.90 Å². The van der Waals surface area contributed by atoms with Crippen molar-refractivity contribution in [3.63, 3.8) is 0 Å². The average Bonchev–Trinajstić information content (AvgIpc) is 2.59. The van der Waals surface area contributed by atoms with Gasteiger partial charge in [-0.3, -0.25) is 4.79 Å². The van der Waals surface area contributed by atoms with Gasteiger partial charge in [-0.15, -0.1) is 11.3 Å². The van der Waals surface area contributed by atoms with Crippen molar-refractivity contribution in [3.05, 3.63) is 11.1 Å². The maximum absolute atomic E-state index is 11.7. The van der Waals surface area contributed by atoms with E-state index in [4.69, 9.17) is 5.73 Å². The van der Waals surface area contributed by atoms with Gasteiger partial charge >= 0.3 is 0 Å². The third kappa shape index (κ3) is 5.46. The molecule has 0 fully saturated rings. The number of hydrogen-bond acceptors (Lipinski definition) is 5. The van der Waals surface area contributed by atoms with E-state index in [0.29, 0.717) is 23.2 Å². The number of aromatic nitrogens is 1. The lowest BCUT2D eigenvalue weighted by molar-refractivity contribution is -0.121. The summed E-state index contributed by atoms with van der Waals surface area (Å²) < 4.78 is 0. The molecule has 0 saturated heterocycles. The van der Waals surface area contributed by atoms with E-state index in [1.807, 2.05) is 13.8 Å². The molecule has 1 heterocycles. The van der Waals surface area contributed by atoms with Gasteiger partial charge in [-0.25, -0.2) is 4.98 Å². The first-order chi connectivity index (χ1) is 8.28. The summed E-state index contributed by atoms with van der Waals surface area (Å²) in [5, 5.41) is 15.0. The van der Waals surface area contributed by atoms with Crippen molar-refractivity contribution in [2.45, 2.75) is 39.2 Å². The van der Waals surface area contributed by atoms with E-state index < -0.39 is 5.60 Å². The largest absolute Gasteiger partial charge is 0.388 e. The fraction of sp³-hybridized carbons (Fsp3) is 0.667. The number of carbonyl (C=O) groups is 1. The Morgan fingerprint density at radius 2 is 2.33 bits per heavy atom. The topological polar surface area (TPSA) is 88.2 Å². The van der Waals surface area contributed by atoms with Crippen LogP contribution < -0.4 is 11.1 Å². The van der Waals surface area contributed by atoms with Crippen LogP contribution in [-0.2, 0) is 11.2 Å². The Kier molecular flexibility index (Phi) is 5.10. The Labute approximate surface area is 111 Å². The molecule has 0 aliphatic heterocycles. The van der Waals surface area contributed by atoms with E-state index in [1.54, 1.807) is 12.3 Å². The maximum Gasteiger partial charge on any atom is 0.226 e. The zero-order valence-electron chi connectivity index (χ0n) is 11.1. The lowest BCUT2D eigenvalue weighted by Crippen LogP contribution is -2.42. The van der Waals surface area contributed by atoms with Crippen LogP contribution in [0, 0.1) is 5.92 Å². The molecule has 0 saturated carbocycles. The SMILES string of the molecule is CC(C)CC(C)(O)CNC(=O)Cc1csc(N)n1. The summed E-state index contributed by atoms with van der Waals surface area (Å²) in [6.45, 7) is 6.06. The van der Waals surface area contributed by atoms with Gasteiger partial charge in [0, 0.05) is 11.9 Å². The zero-order valence-corrected chi connectivity index (χ0v) is 11.9. The van der Waals surface area contributed by atoms with Crippen molar-refractivity contribution in [2.75, 3.05) is 12.3 Å². The second-order valence-corrected chi connectivity index (χ2v) is 6.12. The minimum atomic E-state index is -0.870. The first kappa shape index (κ1) is 14.9. The molecule has 4 N–H and O–H groups in total. The summed E-state index contributed by atoms with van der Waals surface area (Å²) in [6, 6.07) is 0. The molecule has 5 nitrogen and oxygen atoms in total. The Bertz CT molecular complexity index is 402. The number of anilines is 1. The van der Waals surface area contributed by atoms with Crippen LogP contribution >= 0.6 is 11.3 Å². The quantitative estimate of drug-likeness (QED) is 0.725. The van der Waals surface area contributed by atoms with Crippen LogP contribution in [0.15, 0.2) is 5.38 Å². The molecule has 1 amide bonds. The molecule has 0 aliphatic carbocycles.